The molecule has 2 N–H and O–H groups in total. The van der Waals surface area contributed by atoms with E-state index >= 15 is 0 Å². The first-order chi connectivity index (χ1) is 14.3. The van der Waals surface area contributed by atoms with Gasteiger partial charge >= 0.3 is 11.8 Å². The molecule has 30 heavy (non-hydrogen) atoms. The highest BCUT2D eigenvalue weighted by molar-refractivity contribution is 9.10. The molecule has 1 aromatic heterocycles. The molecular formula is C23H23BrN4O2. The highest BCUT2D eigenvalue weighted by Crippen LogP contribution is 2.23. The van der Waals surface area contributed by atoms with Gasteiger partial charge in [-0.2, -0.15) is 5.10 Å². The molecule has 1 heterocycles. The molecular weight excluding hydrogens is 444 g/mol. The lowest BCUT2D eigenvalue weighted by molar-refractivity contribution is -0.136. The second-order valence-electron chi connectivity index (χ2n) is 7.11. The summed E-state index contributed by atoms with van der Waals surface area (Å²) in [6, 6.07) is 15.3. The van der Waals surface area contributed by atoms with Crippen LogP contribution in [0.25, 0.3) is 5.69 Å². The fourth-order valence-corrected chi connectivity index (χ4v) is 3.45. The SMILES string of the molecule is Cc1ccc(C)c(-n2c(C)cc(/C=N/NC(=O)C(=O)Nc3ccc(Br)cc3)c2C)c1. The van der Waals surface area contributed by atoms with Gasteiger partial charge in [-0.3, -0.25) is 9.59 Å². The summed E-state index contributed by atoms with van der Waals surface area (Å²) < 4.78 is 3.04. The van der Waals surface area contributed by atoms with Gasteiger partial charge in [-0.15, -0.1) is 0 Å². The van der Waals surface area contributed by atoms with E-state index in [9.17, 15) is 9.59 Å². The van der Waals surface area contributed by atoms with Crippen molar-refractivity contribution in [2.75, 3.05) is 5.32 Å². The third-order valence-corrected chi connectivity index (χ3v) is 5.28. The van der Waals surface area contributed by atoms with Crippen LogP contribution in [0.4, 0.5) is 5.69 Å². The van der Waals surface area contributed by atoms with Crippen molar-refractivity contribution in [1.82, 2.24) is 9.99 Å². The van der Waals surface area contributed by atoms with Crippen LogP contribution in [-0.4, -0.2) is 22.6 Å². The molecule has 6 nitrogen and oxygen atoms in total. The van der Waals surface area contributed by atoms with E-state index in [0.717, 1.165) is 27.1 Å². The van der Waals surface area contributed by atoms with E-state index in [1.165, 1.54) is 11.1 Å². The van der Waals surface area contributed by atoms with Gasteiger partial charge in [-0.05, 0) is 75.2 Å². The van der Waals surface area contributed by atoms with Crippen LogP contribution in [0.2, 0.25) is 0 Å². The molecule has 0 aliphatic carbocycles. The van der Waals surface area contributed by atoms with Crippen LogP contribution in [0.1, 0.15) is 28.1 Å². The Labute approximate surface area is 184 Å². The van der Waals surface area contributed by atoms with E-state index in [0.29, 0.717) is 5.69 Å². The molecule has 0 atom stereocenters. The zero-order valence-electron chi connectivity index (χ0n) is 17.3. The van der Waals surface area contributed by atoms with Crippen LogP contribution in [-0.2, 0) is 9.59 Å². The number of rotatable bonds is 4. The molecule has 3 rings (SSSR count). The predicted octanol–water partition coefficient (Wildman–Crippen LogP) is 4.56. The van der Waals surface area contributed by atoms with Gasteiger partial charge in [0, 0.05) is 32.8 Å². The van der Waals surface area contributed by atoms with Crippen molar-refractivity contribution in [1.29, 1.82) is 0 Å². The van der Waals surface area contributed by atoms with E-state index in [1.807, 2.05) is 19.9 Å². The lowest BCUT2D eigenvalue weighted by Crippen LogP contribution is -2.32. The number of carbonyl (C=O) groups is 2. The number of nitrogens with zero attached hydrogens (tertiary/aromatic N) is 2. The Balaban J connectivity index is 1.70. The molecule has 0 unspecified atom stereocenters. The number of hydrogen-bond donors (Lipinski definition) is 2. The standard InChI is InChI=1S/C23H23BrN4O2/c1-14-5-6-15(2)21(11-14)28-16(3)12-18(17(28)4)13-25-27-23(30)22(29)26-20-9-7-19(24)8-10-20/h5-13H,1-4H3,(H,26,29)(H,27,30)/b25-13+. The van der Waals surface area contributed by atoms with Crippen molar-refractivity contribution in [2.45, 2.75) is 27.7 Å². The summed E-state index contributed by atoms with van der Waals surface area (Å²) >= 11 is 3.32. The number of nitrogens with one attached hydrogen (secondary N) is 2. The zero-order valence-corrected chi connectivity index (χ0v) is 18.9. The molecule has 7 heteroatoms. The molecule has 0 saturated carbocycles. The fourth-order valence-electron chi connectivity index (χ4n) is 3.18. The minimum Gasteiger partial charge on any atom is -0.318 e. The number of anilines is 1. The zero-order chi connectivity index (χ0) is 21.8. The average molecular weight is 467 g/mol. The molecule has 0 fully saturated rings. The molecule has 0 radical (unpaired) electrons. The van der Waals surface area contributed by atoms with Crippen LogP contribution in [0, 0.1) is 27.7 Å². The van der Waals surface area contributed by atoms with Gasteiger partial charge in [0.15, 0.2) is 0 Å². The van der Waals surface area contributed by atoms with E-state index in [4.69, 9.17) is 0 Å². The summed E-state index contributed by atoms with van der Waals surface area (Å²) in [7, 11) is 0. The second kappa shape index (κ2) is 9.09. The van der Waals surface area contributed by atoms with E-state index in [1.54, 1.807) is 30.5 Å². The Kier molecular flexibility index (Phi) is 6.52. The van der Waals surface area contributed by atoms with Gasteiger partial charge in [0.25, 0.3) is 0 Å². The monoisotopic (exact) mass is 466 g/mol. The quantitative estimate of drug-likeness (QED) is 0.335. The van der Waals surface area contributed by atoms with Crippen molar-refractivity contribution < 1.29 is 9.59 Å². The molecule has 2 amide bonds. The number of amides is 2. The van der Waals surface area contributed by atoms with E-state index in [-0.39, 0.29) is 0 Å². The van der Waals surface area contributed by atoms with Crippen molar-refractivity contribution in [2.24, 2.45) is 5.10 Å². The lowest BCUT2D eigenvalue weighted by atomic mass is 10.1. The van der Waals surface area contributed by atoms with Crippen molar-refractivity contribution in [3.63, 3.8) is 0 Å². The van der Waals surface area contributed by atoms with Gasteiger partial charge in [0.2, 0.25) is 0 Å². The Morgan fingerprint density at radius 2 is 1.67 bits per heavy atom. The Bertz CT molecular complexity index is 1130. The van der Waals surface area contributed by atoms with Crippen LogP contribution >= 0.6 is 15.9 Å². The second-order valence-corrected chi connectivity index (χ2v) is 8.03. The number of benzene rings is 2. The minimum atomic E-state index is -0.836. The van der Waals surface area contributed by atoms with Crippen molar-refractivity contribution >= 4 is 39.6 Å². The minimum absolute atomic E-state index is 0.527. The molecule has 0 aliphatic heterocycles. The first kappa shape index (κ1) is 21.5. The number of hydrazone groups is 1. The smallest absolute Gasteiger partial charge is 0.318 e. The van der Waals surface area contributed by atoms with Gasteiger partial charge in [0.05, 0.1) is 6.21 Å². The topological polar surface area (TPSA) is 75.5 Å². The average Bonchev–Trinajstić information content (AvgIpc) is 2.98. The highest BCUT2D eigenvalue weighted by atomic mass is 79.9. The number of carbonyl (C=O) groups excluding carboxylic acids is 2. The summed E-state index contributed by atoms with van der Waals surface area (Å²) in [5, 5.41) is 6.49. The summed E-state index contributed by atoms with van der Waals surface area (Å²) in [5.74, 6) is -1.62. The Hall–Kier alpha value is -3.19. The molecule has 0 saturated heterocycles. The summed E-state index contributed by atoms with van der Waals surface area (Å²) in [5.41, 5.74) is 9.19. The predicted molar refractivity (Wildman–Crippen MR) is 123 cm³/mol. The molecule has 3 aromatic rings. The first-order valence-electron chi connectivity index (χ1n) is 9.43. The molecule has 2 aromatic carbocycles. The van der Waals surface area contributed by atoms with Crippen LogP contribution in [0.5, 0.6) is 0 Å². The maximum Gasteiger partial charge on any atom is 0.329 e. The third kappa shape index (κ3) is 4.86. The number of hydrogen-bond acceptors (Lipinski definition) is 3. The largest absolute Gasteiger partial charge is 0.329 e. The first-order valence-corrected chi connectivity index (χ1v) is 10.2. The van der Waals surface area contributed by atoms with Crippen molar-refractivity contribution in [3.8, 4) is 5.69 Å². The van der Waals surface area contributed by atoms with Crippen molar-refractivity contribution in [3.05, 3.63) is 81.1 Å². The normalized spacial score (nSPS) is 11.0. The van der Waals surface area contributed by atoms with Gasteiger partial charge in [-0.1, -0.05) is 28.1 Å². The number of aryl methyl sites for hydroxylation is 3. The molecule has 0 spiro atoms. The maximum atomic E-state index is 12.0. The Morgan fingerprint density at radius 3 is 2.37 bits per heavy atom. The Morgan fingerprint density at radius 1 is 0.967 bits per heavy atom. The fraction of sp³-hybridized carbons (Fsp3) is 0.174. The van der Waals surface area contributed by atoms with Crippen LogP contribution < -0.4 is 10.7 Å². The summed E-state index contributed by atoms with van der Waals surface area (Å²) in [6.45, 7) is 8.16. The maximum absolute atomic E-state index is 12.0. The lowest BCUT2D eigenvalue weighted by Gasteiger charge is -2.13. The van der Waals surface area contributed by atoms with Crippen LogP contribution in [0.15, 0.2) is 58.1 Å². The van der Waals surface area contributed by atoms with Gasteiger partial charge < -0.3 is 9.88 Å². The number of aromatic nitrogens is 1. The highest BCUT2D eigenvalue weighted by Gasteiger charge is 2.14. The molecule has 0 bridgehead atoms. The molecule has 0 aliphatic rings. The van der Waals surface area contributed by atoms with Crippen LogP contribution in [0.3, 0.4) is 0 Å². The number of halogens is 1. The van der Waals surface area contributed by atoms with Gasteiger partial charge in [-0.25, -0.2) is 5.43 Å². The van der Waals surface area contributed by atoms with E-state index in [2.05, 4.69) is 68.4 Å². The molecule has 154 valence electrons. The summed E-state index contributed by atoms with van der Waals surface area (Å²) in [6.07, 6.45) is 1.55. The summed E-state index contributed by atoms with van der Waals surface area (Å²) in [4.78, 5) is 24.0. The van der Waals surface area contributed by atoms with E-state index < -0.39 is 11.8 Å². The van der Waals surface area contributed by atoms with Gasteiger partial charge in [0.1, 0.15) is 0 Å². The third-order valence-electron chi connectivity index (χ3n) is 4.75.